The first kappa shape index (κ1) is 23.0. The van der Waals surface area contributed by atoms with Crippen molar-refractivity contribution in [1.82, 2.24) is 14.8 Å². The number of halogens is 9. The fraction of sp³-hybridized carbons (Fsp3) is 0.0625. The standard InChI is InChI=1S/C16H4Cl2F7N5S/c17-5-1-4(8-9(19)13(21)28-14(22)10(8)20)2-6(18)11(5)30-15(27)12(7(3-26)29-30)31-16(23,24)25/h1-2H,27H2. The second kappa shape index (κ2) is 8.10. The number of hydrogen-bond acceptors (Lipinski definition) is 5. The number of nitrogen functional groups attached to an aromatic ring is 1. The van der Waals surface area contributed by atoms with Gasteiger partial charge in [0, 0.05) is 0 Å². The first-order valence-electron chi connectivity index (χ1n) is 7.59. The van der Waals surface area contributed by atoms with Gasteiger partial charge in [0.1, 0.15) is 17.6 Å². The molecule has 162 valence electrons. The number of rotatable bonds is 3. The lowest BCUT2D eigenvalue weighted by Gasteiger charge is -2.13. The van der Waals surface area contributed by atoms with Crippen LogP contribution in [0, 0.1) is 34.9 Å². The number of pyridine rings is 1. The van der Waals surface area contributed by atoms with Gasteiger partial charge in [0.05, 0.1) is 20.5 Å². The number of alkyl halides is 3. The van der Waals surface area contributed by atoms with Crippen LogP contribution in [-0.4, -0.2) is 20.3 Å². The number of nitrogens with zero attached hydrogens (tertiary/aromatic N) is 4. The molecule has 0 saturated heterocycles. The molecule has 0 saturated carbocycles. The maximum atomic E-state index is 14.0. The van der Waals surface area contributed by atoms with E-state index in [1.807, 2.05) is 0 Å². The summed E-state index contributed by atoms with van der Waals surface area (Å²) >= 11 is 11.4. The third-order valence-electron chi connectivity index (χ3n) is 3.71. The fourth-order valence-electron chi connectivity index (χ4n) is 2.53. The van der Waals surface area contributed by atoms with Crippen LogP contribution >= 0.6 is 35.0 Å². The minimum absolute atomic E-state index is 0.342. The Morgan fingerprint density at radius 2 is 1.55 bits per heavy atom. The van der Waals surface area contributed by atoms with E-state index in [0.717, 1.165) is 12.1 Å². The zero-order valence-electron chi connectivity index (χ0n) is 14.3. The maximum Gasteiger partial charge on any atom is 0.446 e. The highest BCUT2D eigenvalue weighted by atomic mass is 35.5. The van der Waals surface area contributed by atoms with Crippen molar-refractivity contribution < 1.29 is 30.7 Å². The Hall–Kier alpha value is -2.69. The Kier molecular flexibility index (Phi) is 6.01. The Morgan fingerprint density at radius 1 is 1.03 bits per heavy atom. The van der Waals surface area contributed by atoms with Gasteiger partial charge in [-0.15, -0.1) is 0 Å². The molecule has 0 aliphatic carbocycles. The number of benzene rings is 1. The van der Waals surface area contributed by atoms with Crippen LogP contribution in [0.1, 0.15) is 5.69 Å². The van der Waals surface area contributed by atoms with Crippen LogP contribution < -0.4 is 5.73 Å². The average Bonchev–Trinajstić information content (AvgIpc) is 2.94. The van der Waals surface area contributed by atoms with Crippen molar-refractivity contribution in [2.45, 2.75) is 10.4 Å². The average molecular weight is 502 g/mol. The number of nitriles is 1. The Bertz CT molecular complexity index is 1200. The van der Waals surface area contributed by atoms with Gasteiger partial charge in [0.15, 0.2) is 17.3 Å². The highest BCUT2D eigenvalue weighted by molar-refractivity contribution is 8.00. The predicted octanol–water partition coefficient (Wildman–Crippen LogP) is 5.86. The molecular weight excluding hydrogens is 498 g/mol. The van der Waals surface area contributed by atoms with E-state index in [2.05, 4.69) is 10.1 Å². The van der Waals surface area contributed by atoms with Gasteiger partial charge in [-0.3, -0.25) is 0 Å². The molecule has 0 unspecified atom stereocenters. The van der Waals surface area contributed by atoms with Crippen molar-refractivity contribution in [2.75, 3.05) is 5.73 Å². The molecular formula is C16H4Cl2F7N5S. The van der Waals surface area contributed by atoms with Crippen LogP contribution in [0.15, 0.2) is 17.0 Å². The molecule has 0 atom stereocenters. The van der Waals surface area contributed by atoms with Gasteiger partial charge in [0.25, 0.3) is 11.9 Å². The first-order chi connectivity index (χ1) is 14.4. The fourth-order valence-corrected chi connectivity index (χ4v) is 3.78. The summed E-state index contributed by atoms with van der Waals surface area (Å²) in [6.07, 6.45) is 0. The Labute approximate surface area is 182 Å². The summed E-state index contributed by atoms with van der Waals surface area (Å²) in [5.74, 6) is -8.14. The van der Waals surface area contributed by atoms with E-state index in [9.17, 15) is 30.7 Å². The number of thioether (sulfide) groups is 1. The minimum atomic E-state index is -4.80. The summed E-state index contributed by atoms with van der Waals surface area (Å²) in [7, 11) is 0. The van der Waals surface area contributed by atoms with Crippen molar-refractivity contribution >= 4 is 40.8 Å². The summed E-state index contributed by atoms with van der Waals surface area (Å²) in [5.41, 5.74) is -1.82. The van der Waals surface area contributed by atoms with Gasteiger partial charge in [-0.1, -0.05) is 23.2 Å². The monoisotopic (exact) mass is 501 g/mol. The molecule has 0 fully saturated rings. The Morgan fingerprint density at radius 3 is 2.00 bits per heavy atom. The lowest BCUT2D eigenvalue weighted by atomic mass is 10.1. The highest BCUT2D eigenvalue weighted by Crippen LogP contribution is 2.44. The summed E-state index contributed by atoms with van der Waals surface area (Å²) in [6, 6.07) is 3.10. The summed E-state index contributed by atoms with van der Waals surface area (Å²) in [6.45, 7) is 0. The molecule has 0 spiro atoms. The lowest BCUT2D eigenvalue weighted by molar-refractivity contribution is -0.0328. The van der Waals surface area contributed by atoms with Gasteiger partial charge in [0.2, 0.25) is 0 Å². The molecule has 0 aliphatic rings. The molecule has 1 aromatic carbocycles. The molecule has 15 heteroatoms. The van der Waals surface area contributed by atoms with E-state index in [1.165, 1.54) is 6.07 Å². The maximum absolute atomic E-state index is 14.0. The van der Waals surface area contributed by atoms with Crippen molar-refractivity contribution in [1.29, 1.82) is 5.26 Å². The summed E-state index contributed by atoms with van der Waals surface area (Å²) in [5, 5.41) is 11.8. The largest absolute Gasteiger partial charge is 0.446 e. The third kappa shape index (κ3) is 4.23. The van der Waals surface area contributed by atoms with E-state index < -0.39 is 78.4 Å². The number of aromatic nitrogens is 3. The van der Waals surface area contributed by atoms with Gasteiger partial charge < -0.3 is 5.73 Å². The van der Waals surface area contributed by atoms with Crippen LogP contribution in [0.5, 0.6) is 0 Å². The number of hydrogen-bond donors (Lipinski definition) is 1. The van der Waals surface area contributed by atoms with Crippen molar-refractivity contribution in [2.24, 2.45) is 0 Å². The second-order valence-electron chi connectivity index (χ2n) is 5.62. The zero-order valence-corrected chi connectivity index (χ0v) is 16.7. The number of anilines is 1. The van der Waals surface area contributed by atoms with Crippen LogP contribution in [0.4, 0.5) is 36.6 Å². The molecule has 2 heterocycles. The van der Waals surface area contributed by atoms with E-state index in [4.69, 9.17) is 34.2 Å². The summed E-state index contributed by atoms with van der Waals surface area (Å²) < 4.78 is 93.8. The van der Waals surface area contributed by atoms with Crippen molar-refractivity contribution in [3.63, 3.8) is 0 Å². The van der Waals surface area contributed by atoms with E-state index in [0.29, 0.717) is 4.68 Å². The van der Waals surface area contributed by atoms with Gasteiger partial charge in [-0.2, -0.15) is 37.3 Å². The normalized spacial score (nSPS) is 11.6. The molecule has 2 aromatic heterocycles. The topological polar surface area (TPSA) is 80.5 Å². The zero-order chi connectivity index (χ0) is 23.2. The molecule has 2 N–H and O–H groups in total. The lowest BCUT2D eigenvalue weighted by Crippen LogP contribution is -2.06. The molecule has 5 nitrogen and oxygen atoms in total. The molecule has 0 aliphatic heterocycles. The number of nitrogens with two attached hydrogens (primary N) is 1. The second-order valence-corrected chi connectivity index (χ2v) is 7.51. The van der Waals surface area contributed by atoms with Gasteiger partial charge in [-0.05, 0) is 29.5 Å². The molecule has 0 radical (unpaired) electrons. The minimum Gasteiger partial charge on any atom is -0.383 e. The van der Waals surface area contributed by atoms with E-state index >= 15 is 0 Å². The van der Waals surface area contributed by atoms with Crippen LogP contribution in [0.3, 0.4) is 0 Å². The molecule has 3 aromatic rings. The quantitative estimate of drug-likeness (QED) is 0.276. The van der Waals surface area contributed by atoms with Gasteiger partial charge in [-0.25, -0.2) is 13.5 Å². The smallest absolute Gasteiger partial charge is 0.383 e. The van der Waals surface area contributed by atoms with Crippen LogP contribution in [-0.2, 0) is 0 Å². The molecule has 0 bridgehead atoms. The summed E-state index contributed by atoms with van der Waals surface area (Å²) in [4.78, 5) is 1.71. The van der Waals surface area contributed by atoms with E-state index in [-0.39, 0.29) is 5.69 Å². The predicted molar refractivity (Wildman–Crippen MR) is 97.7 cm³/mol. The van der Waals surface area contributed by atoms with Crippen molar-refractivity contribution in [3.8, 4) is 22.9 Å². The van der Waals surface area contributed by atoms with Crippen LogP contribution in [0.25, 0.3) is 16.8 Å². The van der Waals surface area contributed by atoms with Crippen molar-refractivity contribution in [3.05, 3.63) is 51.4 Å². The third-order valence-corrected chi connectivity index (χ3v) is 5.13. The first-order valence-corrected chi connectivity index (χ1v) is 9.17. The molecule has 31 heavy (non-hydrogen) atoms. The van der Waals surface area contributed by atoms with Gasteiger partial charge >= 0.3 is 5.51 Å². The van der Waals surface area contributed by atoms with E-state index in [1.54, 1.807) is 0 Å². The molecule has 3 rings (SSSR count). The highest BCUT2D eigenvalue weighted by Gasteiger charge is 2.34. The SMILES string of the molecule is N#Cc1nn(-c2c(Cl)cc(-c3c(F)c(F)nc(F)c3F)cc2Cl)c(N)c1SC(F)(F)F. The molecule has 0 amide bonds. The Balaban J connectivity index is 2.22. The van der Waals surface area contributed by atoms with Crippen LogP contribution in [0.2, 0.25) is 10.0 Å².